The standard InChI is InChI=1S/C28H26BrN5OS/c1-19-7-11-21(12-8-19)31-25(35)15-18-34-27(26(32-28(34)36)23-5-2-3-16-30-23)24-6-4-17-33(24)22-13-9-20(29)10-14-22/h2-14,16-17,26-27H,15,18H2,1H3,(H,31,35)(H,32,36). The number of amides is 1. The van der Waals surface area contributed by atoms with Crippen molar-refractivity contribution in [3.8, 4) is 5.69 Å². The Morgan fingerprint density at radius 2 is 1.83 bits per heavy atom. The second-order valence-corrected chi connectivity index (χ2v) is 10.1. The number of hydrogen-bond acceptors (Lipinski definition) is 3. The predicted octanol–water partition coefficient (Wildman–Crippen LogP) is 5.94. The number of benzene rings is 2. The van der Waals surface area contributed by atoms with Gasteiger partial charge in [-0.25, -0.2) is 0 Å². The number of halogens is 1. The van der Waals surface area contributed by atoms with Crippen molar-refractivity contribution in [1.82, 2.24) is 19.8 Å². The molecule has 5 rings (SSSR count). The van der Waals surface area contributed by atoms with E-state index in [9.17, 15) is 4.79 Å². The highest BCUT2D eigenvalue weighted by Gasteiger charge is 2.41. The Bertz CT molecular complexity index is 1350. The lowest BCUT2D eigenvalue weighted by Crippen LogP contribution is -2.33. The van der Waals surface area contributed by atoms with Crippen LogP contribution >= 0.6 is 28.1 Å². The number of pyridine rings is 1. The van der Waals surface area contributed by atoms with Gasteiger partial charge in [-0.05, 0) is 79.8 Å². The fourth-order valence-corrected chi connectivity index (χ4v) is 5.12. The zero-order valence-corrected chi connectivity index (χ0v) is 22.2. The zero-order valence-electron chi connectivity index (χ0n) is 19.8. The molecule has 1 fully saturated rings. The van der Waals surface area contributed by atoms with E-state index in [0.29, 0.717) is 18.1 Å². The average Bonchev–Trinajstić information content (AvgIpc) is 3.49. The molecule has 1 saturated heterocycles. The number of anilines is 1. The number of rotatable bonds is 7. The molecule has 1 aliphatic heterocycles. The highest BCUT2D eigenvalue weighted by atomic mass is 79.9. The maximum absolute atomic E-state index is 12.8. The molecular weight excluding hydrogens is 534 g/mol. The minimum absolute atomic E-state index is 0.0509. The van der Waals surface area contributed by atoms with Gasteiger partial charge in [0.05, 0.1) is 17.8 Å². The highest BCUT2D eigenvalue weighted by molar-refractivity contribution is 9.10. The van der Waals surface area contributed by atoms with Gasteiger partial charge < -0.3 is 20.1 Å². The van der Waals surface area contributed by atoms with Gasteiger partial charge in [-0.2, -0.15) is 0 Å². The van der Waals surface area contributed by atoms with E-state index in [1.165, 1.54) is 0 Å². The second kappa shape index (κ2) is 10.6. The monoisotopic (exact) mass is 559 g/mol. The molecule has 6 nitrogen and oxygen atoms in total. The van der Waals surface area contributed by atoms with Gasteiger partial charge in [0, 0.05) is 46.9 Å². The molecule has 4 aromatic rings. The van der Waals surface area contributed by atoms with Crippen molar-refractivity contribution in [3.05, 3.63) is 113 Å². The number of hydrogen-bond donors (Lipinski definition) is 2. The molecule has 0 bridgehead atoms. The summed E-state index contributed by atoms with van der Waals surface area (Å²) >= 11 is 9.30. The minimum atomic E-state index is -0.150. The lowest BCUT2D eigenvalue weighted by molar-refractivity contribution is -0.116. The van der Waals surface area contributed by atoms with Gasteiger partial charge in [-0.15, -0.1) is 0 Å². The molecule has 3 heterocycles. The van der Waals surface area contributed by atoms with Crippen LogP contribution < -0.4 is 10.6 Å². The number of nitrogens with zero attached hydrogens (tertiary/aromatic N) is 3. The molecule has 2 aromatic heterocycles. The van der Waals surface area contributed by atoms with Crippen molar-refractivity contribution in [2.24, 2.45) is 0 Å². The molecule has 0 saturated carbocycles. The van der Waals surface area contributed by atoms with Crippen molar-refractivity contribution in [3.63, 3.8) is 0 Å². The number of carbonyl (C=O) groups is 1. The van der Waals surface area contributed by atoms with E-state index < -0.39 is 0 Å². The molecule has 0 aliphatic carbocycles. The van der Waals surface area contributed by atoms with E-state index in [0.717, 1.165) is 32.8 Å². The van der Waals surface area contributed by atoms with E-state index in [-0.39, 0.29) is 18.0 Å². The number of nitrogens with one attached hydrogen (secondary N) is 2. The number of aromatic nitrogens is 2. The first-order chi connectivity index (χ1) is 17.5. The first-order valence-electron chi connectivity index (χ1n) is 11.8. The summed E-state index contributed by atoms with van der Waals surface area (Å²) in [6, 6.07) is 25.8. The number of carbonyl (C=O) groups excluding carboxylic acids is 1. The first-order valence-corrected chi connectivity index (χ1v) is 13.0. The maximum Gasteiger partial charge on any atom is 0.226 e. The molecule has 2 N–H and O–H groups in total. The van der Waals surface area contributed by atoms with Crippen LogP contribution in [0.3, 0.4) is 0 Å². The van der Waals surface area contributed by atoms with Crippen LogP contribution in [0.1, 0.15) is 35.5 Å². The Kier molecular flexibility index (Phi) is 7.16. The molecular formula is C28H26BrN5OS. The smallest absolute Gasteiger partial charge is 0.226 e. The van der Waals surface area contributed by atoms with Crippen molar-refractivity contribution in [2.45, 2.75) is 25.4 Å². The van der Waals surface area contributed by atoms with Crippen molar-refractivity contribution in [1.29, 1.82) is 0 Å². The maximum atomic E-state index is 12.8. The summed E-state index contributed by atoms with van der Waals surface area (Å²) in [4.78, 5) is 19.5. The fraction of sp³-hybridized carbons (Fsp3) is 0.179. The molecule has 2 atom stereocenters. The van der Waals surface area contributed by atoms with Crippen LogP contribution in [0.15, 0.2) is 95.7 Å². The van der Waals surface area contributed by atoms with E-state index in [1.54, 1.807) is 6.20 Å². The van der Waals surface area contributed by atoms with Crippen molar-refractivity contribution in [2.75, 3.05) is 11.9 Å². The van der Waals surface area contributed by atoms with Gasteiger partial charge in [0.1, 0.15) is 0 Å². The van der Waals surface area contributed by atoms with E-state index >= 15 is 0 Å². The SMILES string of the molecule is Cc1ccc(NC(=O)CCN2C(=S)NC(c3ccccn3)C2c2cccn2-c2ccc(Br)cc2)cc1. The Balaban J connectivity index is 1.43. The Morgan fingerprint density at radius 3 is 2.56 bits per heavy atom. The molecule has 1 amide bonds. The third-order valence-corrected chi connectivity index (χ3v) is 7.18. The Labute approximate surface area is 224 Å². The Hall–Kier alpha value is -3.49. The van der Waals surface area contributed by atoms with Crippen LogP contribution in [-0.2, 0) is 4.79 Å². The topological polar surface area (TPSA) is 62.2 Å². The predicted molar refractivity (Wildman–Crippen MR) is 150 cm³/mol. The van der Waals surface area contributed by atoms with Crippen LogP contribution in [0.25, 0.3) is 5.69 Å². The van der Waals surface area contributed by atoms with Gasteiger partial charge in [0.15, 0.2) is 5.11 Å². The molecule has 36 heavy (non-hydrogen) atoms. The molecule has 8 heteroatoms. The van der Waals surface area contributed by atoms with Crippen LogP contribution in [0.5, 0.6) is 0 Å². The fourth-order valence-electron chi connectivity index (χ4n) is 4.52. The minimum Gasteiger partial charge on any atom is -0.352 e. The van der Waals surface area contributed by atoms with E-state index in [4.69, 9.17) is 12.2 Å². The first kappa shape index (κ1) is 24.2. The molecule has 0 spiro atoms. The van der Waals surface area contributed by atoms with Gasteiger partial charge >= 0.3 is 0 Å². The largest absolute Gasteiger partial charge is 0.352 e. The zero-order chi connectivity index (χ0) is 25.1. The average molecular weight is 561 g/mol. The Morgan fingerprint density at radius 1 is 1.06 bits per heavy atom. The second-order valence-electron chi connectivity index (χ2n) is 8.76. The highest BCUT2D eigenvalue weighted by Crippen LogP contribution is 2.39. The summed E-state index contributed by atoms with van der Waals surface area (Å²) in [6.45, 7) is 2.50. The van der Waals surface area contributed by atoms with Crippen LogP contribution in [0.4, 0.5) is 5.69 Å². The van der Waals surface area contributed by atoms with Crippen LogP contribution in [0, 0.1) is 6.92 Å². The molecule has 1 aliphatic rings. The van der Waals surface area contributed by atoms with Crippen LogP contribution in [-0.4, -0.2) is 32.0 Å². The quantitative estimate of drug-likeness (QED) is 0.274. The summed E-state index contributed by atoms with van der Waals surface area (Å²) in [5.41, 5.74) is 4.96. The summed E-state index contributed by atoms with van der Waals surface area (Å²) in [5, 5.41) is 7.07. The molecule has 182 valence electrons. The van der Waals surface area contributed by atoms with Crippen molar-refractivity contribution < 1.29 is 4.79 Å². The van der Waals surface area contributed by atoms with Crippen molar-refractivity contribution >= 4 is 44.9 Å². The van der Waals surface area contributed by atoms with Crippen LogP contribution in [0.2, 0.25) is 0 Å². The summed E-state index contributed by atoms with van der Waals surface area (Å²) in [6.07, 6.45) is 4.15. The van der Waals surface area contributed by atoms with Gasteiger partial charge in [0.25, 0.3) is 0 Å². The summed E-state index contributed by atoms with van der Waals surface area (Å²) in [5.74, 6) is -0.0509. The summed E-state index contributed by atoms with van der Waals surface area (Å²) in [7, 11) is 0. The lowest BCUT2D eigenvalue weighted by atomic mass is 10.0. The third-order valence-electron chi connectivity index (χ3n) is 6.30. The van der Waals surface area contributed by atoms with Gasteiger partial charge in [0.2, 0.25) is 5.91 Å². The van der Waals surface area contributed by atoms with E-state index in [1.807, 2.05) is 67.6 Å². The van der Waals surface area contributed by atoms with E-state index in [2.05, 4.69) is 65.4 Å². The summed E-state index contributed by atoms with van der Waals surface area (Å²) < 4.78 is 3.19. The molecule has 0 radical (unpaired) electrons. The van der Waals surface area contributed by atoms with Gasteiger partial charge in [-0.1, -0.05) is 39.7 Å². The molecule has 2 aromatic carbocycles. The van der Waals surface area contributed by atoms with Gasteiger partial charge in [-0.3, -0.25) is 9.78 Å². The molecule has 2 unspecified atom stereocenters. The third kappa shape index (κ3) is 5.20. The number of thiocarbonyl (C=S) groups is 1. The normalized spacial score (nSPS) is 17.2. The number of aryl methyl sites for hydroxylation is 1. The lowest BCUT2D eigenvalue weighted by Gasteiger charge is -2.29.